The van der Waals surface area contributed by atoms with Crippen LogP contribution in [0.3, 0.4) is 0 Å². The Morgan fingerprint density at radius 3 is 2.23 bits per heavy atom. The maximum absolute atomic E-state index is 13.2. The Morgan fingerprint density at radius 2 is 1.54 bits per heavy atom. The zero-order valence-corrected chi connectivity index (χ0v) is 19.8. The molecule has 0 spiro atoms. The van der Waals surface area contributed by atoms with Gasteiger partial charge in [0.2, 0.25) is 5.95 Å². The van der Waals surface area contributed by atoms with Crippen LogP contribution in [0.1, 0.15) is 21.7 Å². The van der Waals surface area contributed by atoms with E-state index in [4.69, 9.17) is 0 Å². The first-order chi connectivity index (χ1) is 17.0. The van der Waals surface area contributed by atoms with Gasteiger partial charge in [0.15, 0.2) is 5.82 Å². The lowest BCUT2D eigenvalue weighted by atomic mass is 10.1. The third kappa shape index (κ3) is 5.27. The molecule has 0 aliphatic carbocycles. The highest BCUT2D eigenvalue weighted by Gasteiger charge is 2.23. The molecule has 1 aliphatic rings. The standard InChI is InChI=1S/C27H27N7O/c1-19-17-20(2)29-27(28-19)30-23-10-6-9-22(18-23)26(35)34-15-13-33(14-16-34)25-12-11-24(31-32-25)21-7-4-3-5-8-21/h3-12,17-18H,13-16H2,1-2H3,(H,28,29,30). The van der Waals surface area contributed by atoms with Gasteiger partial charge in [-0.3, -0.25) is 4.79 Å². The number of hydrogen-bond donors (Lipinski definition) is 1. The lowest BCUT2D eigenvalue weighted by Crippen LogP contribution is -2.49. The van der Waals surface area contributed by atoms with Crippen molar-refractivity contribution < 1.29 is 4.79 Å². The van der Waals surface area contributed by atoms with E-state index < -0.39 is 0 Å². The number of amides is 1. The average molecular weight is 466 g/mol. The van der Waals surface area contributed by atoms with Gasteiger partial charge in [-0.05, 0) is 50.2 Å². The molecule has 0 radical (unpaired) electrons. The molecule has 3 heterocycles. The third-order valence-electron chi connectivity index (χ3n) is 5.96. The van der Waals surface area contributed by atoms with Crippen molar-refractivity contribution in [3.8, 4) is 11.3 Å². The lowest BCUT2D eigenvalue weighted by Gasteiger charge is -2.35. The summed E-state index contributed by atoms with van der Waals surface area (Å²) in [7, 11) is 0. The van der Waals surface area contributed by atoms with Crippen LogP contribution in [0, 0.1) is 13.8 Å². The summed E-state index contributed by atoms with van der Waals surface area (Å²) >= 11 is 0. The van der Waals surface area contributed by atoms with E-state index >= 15 is 0 Å². The van der Waals surface area contributed by atoms with Crippen LogP contribution < -0.4 is 10.2 Å². The van der Waals surface area contributed by atoms with Crippen molar-refractivity contribution in [2.45, 2.75) is 13.8 Å². The number of nitrogens with zero attached hydrogens (tertiary/aromatic N) is 6. The molecule has 1 N–H and O–H groups in total. The zero-order valence-electron chi connectivity index (χ0n) is 19.8. The van der Waals surface area contributed by atoms with E-state index in [1.807, 2.05) is 91.5 Å². The van der Waals surface area contributed by atoms with Crippen molar-refractivity contribution >= 4 is 23.4 Å². The van der Waals surface area contributed by atoms with Gasteiger partial charge in [0.25, 0.3) is 5.91 Å². The van der Waals surface area contributed by atoms with Crippen LogP contribution in [0.2, 0.25) is 0 Å². The Labute approximate surface area is 204 Å². The highest BCUT2D eigenvalue weighted by Crippen LogP contribution is 2.21. The predicted octanol–water partition coefficient (Wildman–Crippen LogP) is 4.26. The van der Waals surface area contributed by atoms with E-state index in [9.17, 15) is 4.79 Å². The van der Waals surface area contributed by atoms with Gasteiger partial charge in [0, 0.05) is 54.4 Å². The molecule has 8 nitrogen and oxygen atoms in total. The Balaban J connectivity index is 1.21. The summed E-state index contributed by atoms with van der Waals surface area (Å²) in [4.78, 5) is 26.1. The molecule has 5 rings (SSSR count). The predicted molar refractivity (Wildman–Crippen MR) is 137 cm³/mol. The van der Waals surface area contributed by atoms with E-state index in [1.165, 1.54) is 0 Å². The smallest absolute Gasteiger partial charge is 0.254 e. The van der Waals surface area contributed by atoms with Crippen molar-refractivity contribution in [2.24, 2.45) is 0 Å². The second-order valence-electron chi connectivity index (χ2n) is 8.60. The van der Waals surface area contributed by atoms with Gasteiger partial charge in [-0.1, -0.05) is 36.4 Å². The first kappa shape index (κ1) is 22.5. The summed E-state index contributed by atoms with van der Waals surface area (Å²) in [5, 5.41) is 12.0. The van der Waals surface area contributed by atoms with Gasteiger partial charge in [-0.2, -0.15) is 0 Å². The molecule has 1 amide bonds. The van der Waals surface area contributed by atoms with Gasteiger partial charge in [-0.15, -0.1) is 10.2 Å². The van der Waals surface area contributed by atoms with Crippen molar-refractivity contribution in [3.05, 3.63) is 89.7 Å². The van der Waals surface area contributed by atoms with Crippen LogP contribution in [-0.2, 0) is 0 Å². The van der Waals surface area contributed by atoms with Crippen LogP contribution >= 0.6 is 0 Å². The largest absolute Gasteiger partial charge is 0.352 e. The van der Waals surface area contributed by atoms with Gasteiger partial charge in [0.1, 0.15) is 0 Å². The van der Waals surface area contributed by atoms with Crippen LogP contribution in [-0.4, -0.2) is 57.2 Å². The molecule has 8 heteroatoms. The Morgan fingerprint density at radius 1 is 0.800 bits per heavy atom. The normalized spacial score (nSPS) is 13.5. The van der Waals surface area contributed by atoms with Crippen molar-refractivity contribution in [1.82, 2.24) is 25.1 Å². The minimum absolute atomic E-state index is 0.0140. The Hall–Kier alpha value is -4.33. The molecule has 1 fully saturated rings. The van der Waals surface area contributed by atoms with Gasteiger partial charge < -0.3 is 15.1 Å². The Bertz CT molecular complexity index is 1300. The van der Waals surface area contributed by atoms with E-state index in [-0.39, 0.29) is 5.91 Å². The molecule has 1 aliphatic heterocycles. The second kappa shape index (κ2) is 9.89. The minimum Gasteiger partial charge on any atom is -0.352 e. The van der Waals surface area contributed by atoms with Crippen LogP contribution in [0.25, 0.3) is 11.3 Å². The highest BCUT2D eigenvalue weighted by atomic mass is 16.2. The number of anilines is 3. The molecule has 1 saturated heterocycles. The number of piperazine rings is 1. The quantitative estimate of drug-likeness (QED) is 0.471. The van der Waals surface area contributed by atoms with E-state index in [1.54, 1.807) is 0 Å². The molecule has 2 aromatic heterocycles. The highest BCUT2D eigenvalue weighted by molar-refractivity contribution is 5.95. The van der Waals surface area contributed by atoms with Crippen LogP contribution in [0.5, 0.6) is 0 Å². The molecular formula is C27H27N7O. The van der Waals surface area contributed by atoms with E-state index in [0.29, 0.717) is 37.7 Å². The van der Waals surface area contributed by atoms with Gasteiger partial charge in [-0.25, -0.2) is 9.97 Å². The van der Waals surface area contributed by atoms with Gasteiger partial charge in [0.05, 0.1) is 5.69 Å². The van der Waals surface area contributed by atoms with Crippen molar-refractivity contribution in [3.63, 3.8) is 0 Å². The average Bonchev–Trinajstić information content (AvgIpc) is 2.88. The minimum atomic E-state index is 0.0140. The molecule has 35 heavy (non-hydrogen) atoms. The molecule has 0 bridgehead atoms. The third-order valence-corrected chi connectivity index (χ3v) is 5.96. The SMILES string of the molecule is Cc1cc(C)nc(Nc2cccc(C(=O)N3CCN(c4ccc(-c5ccccc5)nn4)CC3)c2)n1. The monoisotopic (exact) mass is 465 g/mol. The van der Waals surface area contributed by atoms with E-state index in [0.717, 1.165) is 34.2 Å². The fourth-order valence-electron chi connectivity index (χ4n) is 4.22. The fourth-order valence-corrected chi connectivity index (χ4v) is 4.22. The summed E-state index contributed by atoms with van der Waals surface area (Å²) in [5.41, 5.74) is 5.10. The topological polar surface area (TPSA) is 87.1 Å². The molecular weight excluding hydrogens is 438 g/mol. The number of aromatic nitrogens is 4. The molecule has 0 atom stereocenters. The Kier molecular flexibility index (Phi) is 6.34. The lowest BCUT2D eigenvalue weighted by molar-refractivity contribution is 0.0746. The summed E-state index contributed by atoms with van der Waals surface area (Å²) in [5.74, 6) is 1.37. The number of nitrogens with one attached hydrogen (secondary N) is 1. The van der Waals surface area contributed by atoms with Crippen molar-refractivity contribution in [1.29, 1.82) is 0 Å². The van der Waals surface area contributed by atoms with Gasteiger partial charge >= 0.3 is 0 Å². The summed E-state index contributed by atoms with van der Waals surface area (Å²) < 4.78 is 0. The number of hydrogen-bond acceptors (Lipinski definition) is 7. The second-order valence-corrected chi connectivity index (χ2v) is 8.60. The molecule has 4 aromatic rings. The summed E-state index contributed by atoms with van der Waals surface area (Å²) in [6, 6.07) is 23.4. The molecule has 0 unspecified atom stereocenters. The summed E-state index contributed by atoms with van der Waals surface area (Å²) in [6.07, 6.45) is 0. The fraction of sp³-hybridized carbons (Fsp3) is 0.222. The maximum atomic E-state index is 13.2. The first-order valence-electron chi connectivity index (χ1n) is 11.7. The molecule has 176 valence electrons. The van der Waals surface area contributed by atoms with Crippen molar-refractivity contribution in [2.75, 3.05) is 36.4 Å². The number of benzene rings is 2. The first-order valence-corrected chi connectivity index (χ1v) is 11.7. The number of carbonyl (C=O) groups is 1. The number of aryl methyl sites for hydroxylation is 2. The zero-order chi connectivity index (χ0) is 24.2. The number of carbonyl (C=O) groups excluding carboxylic acids is 1. The maximum Gasteiger partial charge on any atom is 0.254 e. The van der Waals surface area contributed by atoms with Crippen LogP contribution in [0.15, 0.2) is 72.8 Å². The van der Waals surface area contributed by atoms with E-state index in [2.05, 4.69) is 30.4 Å². The summed E-state index contributed by atoms with van der Waals surface area (Å²) in [6.45, 7) is 6.53. The molecule has 0 saturated carbocycles. The molecule has 2 aromatic carbocycles. The van der Waals surface area contributed by atoms with Crippen LogP contribution in [0.4, 0.5) is 17.5 Å². The number of rotatable bonds is 5.